The Morgan fingerprint density at radius 2 is 2.20 bits per heavy atom. The molecule has 1 N–H and O–H groups in total. The van der Waals surface area contributed by atoms with Gasteiger partial charge in [0.05, 0.1) is 0 Å². The van der Waals surface area contributed by atoms with E-state index in [1.54, 1.807) is 0 Å². The van der Waals surface area contributed by atoms with Gasteiger partial charge in [0, 0.05) is 5.71 Å². The lowest BCUT2D eigenvalue weighted by atomic mass is 10.1. The van der Waals surface area contributed by atoms with E-state index in [1.165, 1.54) is 5.57 Å². The summed E-state index contributed by atoms with van der Waals surface area (Å²) in [5.41, 5.74) is 2.04. The van der Waals surface area contributed by atoms with Gasteiger partial charge in [-0.2, -0.15) is 0 Å². The van der Waals surface area contributed by atoms with Crippen LogP contribution in [0.2, 0.25) is 0 Å². The summed E-state index contributed by atoms with van der Waals surface area (Å²) in [4.78, 5) is 0. The number of hydrogen-bond acceptors (Lipinski definition) is 1. The van der Waals surface area contributed by atoms with Crippen molar-refractivity contribution in [1.29, 1.82) is 5.41 Å². The van der Waals surface area contributed by atoms with Gasteiger partial charge in [0.1, 0.15) is 0 Å². The maximum Gasteiger partial charge on any atom is 0.0314 e. The largest absolute Gasteiger partial charge is 0.305 e. The van der Waals surface area contributed by atoms with Crippen molar-refractivity contribution in [1.82, 2.24) is 0 Å². The van der Waals surface area contributed by atoms with Gasteiger partial charge in [-0.15, -0.1) is 0 Å². The van der Waals surface area contributed by atoms with Crippen LogP contribution in [0.15, 0.2) is 23.8 Å². The first-order valence-electron chi connectivity index (χ1n) is 3.71. The number of nitrogens with one attached hydrogen (secondary N) is 1. The predicted octanol–water partition coefficient (Wildman–Crippen LogP) is 2.69. The van der Waals surface area contributed by atoms with Crippen LogP contribution in [-0.2, 0) is 0 Å². The number of hydrogen-bond donors (Lipinski definition) is 1. The van der Waals surface area contributed by atoms with Gasteiger partial charge >= 0.3 is 0 Å². The summed E-state index contributed by atoms with van der Waals surface area (Å²) in [5, 5.41) is 7.40. The van der Waals surface area contributed by atoms with Crippen molar-refractivity contribution in [2.45, 2.75) is 26.2 Å². The van der Waals surface area contributed by atoms with Gasteiger partial charge in [0.15, 0.2) is 0 Å². The van der Waals surface area contributed by atoms with Crippen LogP contribution in [0.25, 0.3) is 0 Å². The van der Waals surface area contributed by atoms with Crippen LogP contribution in [0.4, 0.5) is 0 Å². The van der Waals surface area contributed by atoms with Crippen molar-refractivity contribution in [3.05, 3.63) is 23.8 Å². The Balaban J connectivity index is 2.66. The molecule has 0 saturated heterocycles. The Hall–Kier alpha value is -0.850. The van der Waals surface area contributed by atoms with Crippen molar-refractivity contribution in [3.63, 3.8) is 0 Å². The summed E-state index contributed by atoms with van der Waals surface area (Å²) in [6, 6.07) is 0. The Kier molecular flexibility index (Phi) is 2.43. The Morgan fingerprint density at radius 1 is 1.40 bits per heavy atom. The van der Waals surface area contributed by atoms with Crippen molar-refractivity contribution in [2.75, 3.05) is 0 Å². The highest BCUT2D eigenvalue weighted by Crippen LogP contribution is 2.07. The van der Waals surface area contributed by atoms with E-state index >= 15 is 0 Å². The quantitative estimate of drug-likeness (QED) is 0.528. The van der Waals surface area contributed by atoms with Crippen LogP contribution >= 0.6 is 0 Å². The van der Waals surface area contributed by atoms with Gasteiger partial charge in [-0.25, -0.2) is 0 Å². The van der Waals surface area contributed by atoms with E-state index in [1.807, 2.05) is 12.2 Å². The molecule has 0 atom stereocenters. The monoisotopic (exact) mass is 135 g/mol. The minimum Gasteiger partial charge on any atom is -0.305 e. The predicted molar refractivity (Wildman–Crippen MR) is 44.5 cm³/mol. The second kappa shape index (κ2) is 3.35. The molecule has 1 nitrogen and oxygen atoms in total. The third kappa shape index (κ3) is 2.18. The average Bonchev–Trinajstić information content (AvgIpc) is 1.90. The van der Waals surface area contributed by atoms with Crippen molar-refractivity contribution in [2.24, 2.45) is 0 Å². The molecule has 1 aliphatic carbocycles. The molecule has 0 unspecified atom stereocenters. The number of allylic oxidation sites excluding steroid dienone is 4. The summed E-state index contributed by atoms with van der Waals surface area (Å²) in [6.45, 7) is 2.08. The van der Waals surface area contributed by atoms with Crippen LogP contribution in [0.3, 0.4) is 0 Å². The summed E-state index contributed by atoms with van der Waals surface area (Å²) in [5.74, 6) is 0. The molecule has 0 saturated carbocycles. The summed E-state index contributed by atoms with van der Waals surface area (Å²) in [7, 11) is 0. The van der Waals surface area contributed by atoms with Gasteiger partial charge in [-0.05, 0) is 32.3 Å². The van der Waals surface area contributed by atoms with Crippen molar-refractivity contribution in [3.8, 4) is 0 Å². The number of rotatable bonds is 0. The van der Waals surface area contributed by atoms with Gasteiger partial charge in [0.25, 0.3) is 0 Å². The van der Waals surface area contributed by atoms with E-state index in [0.717, 1.165) is 25.0 Å². The first kappa shape index (κ1) is 7.26. The molecule has 10 heavy (non-hydrogen) atoms. The summed E-state index contributed by atoms with van der Waals surface area (Å²) >= 11 is 0. The Morgan fingerprint density at radius 3 is 3.00 bits per heavy atom. The molecular formula is C9H13N. The Bertz CT molecular complexity index is 187. The molecular weight excluding hydrogens is 122 g/mol. The molecule has 0 heterocycles. The van der Waals surface area contributed by atoms with Gasteiger partial charge in [-0.1, -0.05) is 17.7 Å². The minimum absolute atomic E-state index is 0.757. The van der Waals surface area contributed by atoms with Crippen LogP contribution in [0.5, 0.6) is 0 Å². The van der Waals surface area contributed by atoms with Gasteiger partial charge in [0.2, 0.25) is 0 Å². The highest BCUT2D eigenvalue weighted by Gasteiger charge is 1.94. The maximum absolute atomic E-state index is 7.40. The topological polar surface area (TPSA) is 23.9 Å². The molecule has 0 aliphatic heterocycles. The fraction of sp³-hybridized carbons (Fsp3) is 0.444. The molecule has 0 aromatic rings. The molecule has 0 bridgehead atoms. The normalized spacial score (nSPS) is 19.7. The molecule has 0 fully saturated rings. The van der Waals surface area contributed by atoms with E-state index in [2.05, 4.69) is 13.0 Å². The van der Waals surface area contributed by atoms with Crippen LogP contribution in [0, 0.1) is 5.41 Å². The van der Waals surface area contributed by atoms with Crippen LogP contribution in [-0.4, -0.2) is 5.71 Å². The fourth-order valence-corrected chi connectivity index (χ4v) is 1.01. The van der Waals surface area contributed by atoms with E-state index in [9.17, 15) is 0 Å². The smallest absolute Gasteiger partial charge is 0.0314 e. The molecule has 1 rings (SSSR count). The molecule has 0 aromatic carbocycles. The standard InChI is InChI=1S/C9H13N/c1-8-4-2-3-5-9(10)7-6-8/h4,6-7,10H,2-3,5H2,1H3. The molecule has 0 spiro atoms. The zero-order chi connectivity index (χ0) is 7.40. The average molecular weight is 135 g/mol. The van der Waals surface area contributed by atoms with E-state index in [-0.39, 0.29) is 0 Å². The zero-order valence-corrected chi connectivity index (χ0v) is 6.35. The van der Waals surface area contributed by atoms with E-state index < -0.39 is 0 Å². The lowest BCUT2D eigenvalue weighted by molar-refractivity contribution is 0.884. The van der Waals surface area contributed by atoms with Crippen LogP contribution < -0.4 is 0 Å². The summed E-state index contributed by atoms with van der Waals surface area (Å²) in [6.07, 6.45) is 9.31. The first-order chi connectivity index (χ1) is 4.79. The van der Waals surface area contributed by atoms with Gasteiger partial charge < -0.3 is 5.41 Å². The highest BCUT2D eigenvalue weighted by atomic mass is 14.4. The zero-order valence-electron chi connectivity index (χ0n) is 6.35. The first-order valence-corrected chi connectivity index (χ1v) is 3.71. The minimum atomic E-state index is 0.757. The molecule has 0 radical (unpaired) electrons. The maximum atomic E-state index is 7.40. The van der Waals surface area contributed by atoms with E-state index in [4.69, 9.17) is 5.41 Å². The molecule has 1 aliphatic rings. The molecule has 54 valence electrons. The molecule has 1 heteroatoms. The Labute approximate surface area is 62.0 Å². The summed E-state index contributed by atoms with van der Waals surface area (Å²) < 4.78 is 0. The second-order valence-electron chi connectivity index (χ2n) is 2.70. The van der Waals surface area contributed by atoms with Crippen molar-refractivity contribution < 1.29 is 0 Å². The molecule has 0 amide bonds. The van der Waals surface area contributed by atoms with E-state index in [0.29, 0.717) is 0 Å². The SMILES string of the molecule is CC1=CCCCC(=N)C=C1. The molecule has 0 aromatic heterocycles. The lowest BCUT2D eigenvalue weighted by Crippen LogP contribution is -1.92. The highest BCUT2D eigenvalue weighted by molar-refractivity contribution is 5.92. The van der Waals surface area contributed by atoms with Crippen molar-refractivity contribution >= 4 is 5.71 Å². The van der Waals surface area contributed by atoms with Gasteiger partial charge in [-0.3, -0.25) is 0 Å². The van der Waals surface area contributed by atoms with Crippen LogP contribution in [0.1, 0.15) is 26.2 Å². The third-order valence-corrected chi connectivity index (χ3v) is 1.66. The second-order valence-corrected chi connectivity index (χ2v) is 2.70. The fourth-order valence-electron chi connectivity index (χ4n) is 1.01. The lowest BCUT2D eigenvalue weighted by Gasteiger charge is -2.01. The third-order valence-electron chi connectivity index (χ3n) is 1.66.